The minimum Gasteiger partial charge on any atom is -0.475 e. The van der Waals surface area contributed by atoms with Crippen LogP contribution in [0.15, 0.2) is 24.5 Å². The summed E-state index contributed by atoms with van der Waals surface area (Å²) in [5.41, 5.74) is 0.581. The van der Waals surface area contributed by atoms with Crippen molar-refractivity contribution in [2.24, 2.45) is 11.3 Å². The van der Waals surface area contributed by atoms with Crippen LogP contribution in [0.3, 0.4) is 0 Å². The molecule has 0 aliphatic carbocycles. The number of nitrogens with one attached hydrogen (secondary N) is 2. The summed E-state index contributed by atoms with van der Waals surface area (Å²) in [7, 11) is 0. The Morgan fingerprint density at radius 2 is 2.14 bits per heavy atom. The number of carbonyl (C=O) groups excluding carboxylic acids is 2. The van der Waals surface area contributed by atoms with E-state index >= 15 is 0 Å². The standard InChI is InChI=1S/C15H20N4O2.C2HF3O2/c1-11-9-19(10-15(11)4-6-17-13(15)20)14(21)18-8-12-3-2-5-16-7-12;3-2(4,5)1(6)7/h2-3,5,7,11H,4,6,8-10H2,1H3,(H,17,20)(H,18,21);(H,6,7)/t11-,15-;/m0./s1. The van der Waals surface area contributed by atoms with Crippen LogP contribution in [0.1, 0.15) is 18.9 Å². The van der Waals surface area contributed by atoms with Crippen LogP contribution in [0.25, 0.3) is 0 Å². The van der Waals surface area contributed by atoms with Crippen LogP contribution in [0.4, 0.5) is 18.0 Å². The van der Waals surface area contributed by atoms with Gasteiger partial charge in [-0.2, -0.15) is 13.2 Å². The summed E-state index contributed by atoms with van der Waals surface area (Å²) < 4.78 is 31.7. The van der Waals surface area contributed by atoms with Crippen molar-refractivity contribution >= 4 is 17.9 Å². The van der Waals surface area contributed by atoms with E-state index in [4.69, 9.17) is 9.90 Å². The zero-order valence-corrected chi connectivity index (χ0v) is 15.1. The topological polar surface area (TPSA) is 112 Å². The molecule has 3 N–H and O–H groups in total. The van der Waals surface area contributed by atoms with Gasteiger partial charge in [-0.3, -0.25) is 9.78 Å². The molecule has 3 heterocycles. The summed E-state index contributed by atoms with van der Waals surface area (Å²) >= 11 is 0. The number of aliphatic carboxylic acids is 1. The molecule has 2 aliphatic heterocycles. The first-order valence-electron chi connectivity index (χ1n) is 8.56. The molecular formula is C17H21F3N4O4. The number of urea groups is 1. The molecule has 0 unspecified atom stereocenters. The molecule has 11 heteroatoms. The van der Waals surface area contributed by atoms with Crippen LogP contribution in [0, 0.1) is 11.3 Å². The molecule has 2 fully saturated rings. The molecule has 154 valence electrons. The molecule has 0 radical (unpaired) electrons. The lowest BCUT2D eigenvalue weighted by atomic mass is 9.78. The first-order valence-corrected chi connectivity index (χ1v) is 8.56. The van der Waals surface area contributed by atoms with Crippen molar-refractivity contribution in [1.29, 1.82) is 0 Å². The van der Waals surface area contributed by atoms with Gasteiger partial charge in [0.15, 0.2) is 0 Å². The highest BCUT2D eigenvalue weighted by molar-refractivity contribution is 5.87. The maximum Gasteiger partial charge on any atom is 0.490 e. The van der Waals surface area contributed by atoms with Gasteiger partial charge in [-0.25, -0.2) is 9.59 Å². The van der Waals surface area contributed by atoms with Crippen LogP contribution < -0.4 is 10.6 Å². The summed E-state index contributed by atoms with van der Waals surface area (Å²) in [5.74, 6) is -2.46. The third-order valence-electron chi connectivity index (χ3n) is 4.92. The third-order valence-corrected chi connectivity index (χ3v) is 4.92. The van der Waals surface area contributed by atoms with Crippen LogP contribution >= 0.6 is 0 Å². The second-order valence-electron chi connectivity index (χ2n) is 6.77. The highest BCUT2D eigenvalue weighted by atomic mass is 19.4. The zero-order chi connectivity index (χ0) is 20.9. The van der Waals surface area contributed by atoms with E-state index in [1.807, 2.05) is 12.1 Å². The monoisotopic (exact) mass is 402 g/mol. The van der Waals surface area contributed by atoms with Gasteiger partial charge in [-0.1, -0.05) is 13.0 Å². The molecule has 2 atom stereocenters. The van der Waals surface area contributed by atoms with Crippen molar-refractivity contribution in [2.75, 3.05) is 19.6 Å². The van der Waals surface area contributed by atoms with Crippen molar-refractivity contribution in [1.82, 2.24) is 20.5 Å². The smallest absolute Gasteiger partial charge is 0.475 e. The van der Waals surface area contributed by atoms with Crippen LogP contribution in [0.5, 0.6) is 0 Å². The van der Waals surface area contributed by atoms with E-state index < -0.39 is 12.1 Å². The Bertz CT molecular complexity index is 729. The molecule has 1 aromatic rings. The number of aromatic nitrogens is 1. The summed E-state index contributed by atoms with van der Waals surface area (Å²) in [5, 5.41) is 12.9. The number of carboxylic acids is 1. The van der Waals surface area contributed by atoms with Gasteiger partial charge < -0.3 is 20.6 Å². The summed E-state index contributed by atoms with van der Waals surface area (Å²) in [4.78, 5) is 39.0. The lowest BCUT2D eigenvalue weighted by molar-refractivity contribution is -0.192. The number of amides is 3. The number of hydrogen-bond donors (Lipinski definition) is 3. The predicted octanol–water partition coefficient (Wildman–Crippen LogP) is 1.38. The molecule has 2 saturated heterocycles. The van der Waals surface area contributed by atoms with E-state index in [1.165, 1.54) is 0 Å². The number of hydrogen-bond acceptors (Lipinski definition) is 4. The van der Waals surface area contributed by atoms with Gasteiger partial charge >= 0.3 is 18.2 Å². The van der Waals surface area contributed by atoms with Gasteiger partial charge in [0.1, 0.15) is 0 Å². The summed E-state index contributed by atoms with van der Waals surface area (Å²) in [6.07, 6.45) is -0.825. The van der Waals surface area contributed by atoms with Crippen molar-refractivity contribution in [3.05, 3.63) is 30.1 Å². The Morgan fingerprint density at radius 1 is 1.46 bits per heavy atom. The van der Waals surface area contributed by atoms with Crippen LogP contribution in [-0.2, 0) is 16.1 Å². The van der Waals surface area contributed by atoms with Crippen molar-refractivity contribution in [2.45, 2.75) is 26.1 Å². The minimum absolute atomic E-state index is 0.0950. The van der Waals surface area contributed by atoms with E-state index in [2.05, 4.69) is 22.5 Å². The van der Waals surface area contributed by atoms with E-state index in [9.17, 15) is 22.8 Å². The molecule has 2 aliphatic rings. The molecular weight excluding hydrogens is 381 g/mol. The number of carboxylic acid groups (broad SMARTS) is 1. The highest BCUT2D eigenvalue weighted by Gasteiger charge is 2.53. The number of halogens is 3. The van der Waals surface area contributed by atoms with Gasteiger partial charge in [0.25, 0.3) is 0 Å². The minimum atomic E-state index is -5.08. The zero-order valence-electron chi connectivity index (χ0n) is 15.1. The van der Waals surface area contributed by atoms with E-state index in [-0.39, 0.29) is 23.3 Å². The molecule has 8 nitrogen and oxygen atoms in total. The second kappa shape index (κ2) is 8.44. The normalized spacial score (nSPS) is 23.8. The third kappa shape index (κ3) is 4.90. The number of carbonyl (C=O) groups is 3. The number of alkyl halides is 3. The van der Waals surface area contributed by atoms with E-state index in [0.717, 1.165) is 12.0 Å². The molecule has 28 heavy (non-hydrogen) atoms. The molecule has 0 aromatic carbocycles. The molecule has 0 bridgehead atoms. The fraction of sp³-hybridized carbons (Fsp3) is 0.529. The maximum atomic E-state index is 12.3. The highest BCUT2D eigenvalue weighted by Crippen LogP contribution is 2.41. The number of rotatable bonds is 2. The van der Waals surface area contributed by atoms with Gasteiger partial charge in [0.2, 0.25) is 5.91 Å². The van der Waals surface area contributed by atoms with Crippen LogP contribution in [0.2, 0.25) is 0 Å². The average molecular weight is 402 g/mol. The average Bonchev–Trinajstić information content (AvgIpc) is 3.17. The number of likely N-dealkylation sites (tertiary alicyclic amines) is 1. The Labute approximate surface area is 159 Å². The van der Waals surface area contributed by atoms with E-state index in [1.54, 1.807) is 17.3 Å². The molecule has 3 amide bonds. The number of pyridine rings is 1. The molecule has 1 aromatic heterocycles. The maximum absolute atomic E-state index is 12.3. The number of nitrogens with zero attached hydrogens (tertiary/aromatic N) is 2. The fourth-order valence-electron chi connectivity index (χ4n) is 3.32. The van der Waals surface area contributed by atoms with Crippen molar-refractivity contribution in [3.8, 4) is 0 Å². The largest absolute Gasteiger partial charge is 0.490 e. The quantitative estimate of drug-likeness (QED) is 0.692. The van der Waals surface area contributed by atoms with Gasteiger partial charge in [0.05, 0.1) is 5.41 Å². The molecule has 1 spiro atoms. The first-order chi connectivity index (χ1) is 13.1. The van der Waals surface area contributed by atoms with Crippen molar-refractivity contribution < 1.29 is 32.7 Å². The Kier molecular flexibility index (Phi) is 6.47. The first kappa shape index (κ1) is 21.5. The van der Waals surface area contributed by atoms with Gasteiger partial charge in [-0.05, 0) is 24.0 Å². The van der Waals surface area contributed by atoms with Crippen molar-refractivity contribution in [3.63, 3.8) is 0 Å². The van der Waals surface area contributed by atoms with Crippen LogP contribution in [-0.4, -0.2) is 58.7 Å². The Balaban J connectivity index is 0.000000345. The lowest BCUT2D eigenvalue weighted by Gasteiger charge is -2.23. The molecule has 0 saturated carbocycles. The SMILES string of the molecule is C[C@H]1CN(C(=O)NCc2cccnc2)C[C@@]12CCNC2=O.O=C(O)C(F)(F)F. The summed E-state index contributed by atoms with van der Waals surface area (Å²) in [6.45, 7) is 4.37. The Morgan fingerprint density at radius 3 is 2.64 bits per heavy atom. The fourth-order valence-corrected chi connectivity index (χ4v) is 3.32. The molecule has 3 rings (SSSR count). The summed E-state index contributed by atoms with van der Waals surface area (Å²) in [6, 6.07) is 3.66. The second-order valence-corrected chi connectivity index (χ2v) is 6.77. The van der Waals surface area contributed by atoms with Gasteiger partial charge in [-0.15, -0.1) is 0 Å². The lowest BCUT2D eigenvalue weighted by Crippen LogP contribution is -2.41. The Hall–Kier alpha value is -2.85. The van der Waals surface area contributed by atoms with Gasteiger partial charge in [0, 0.05) is 38.6 Å². The van der Waals surface area contributed by atoms with E-state index in [0.29, 0.717) is 26.2 Å². The predicted molar refractivity (Wildman–Crippen MR) is 91.0 cm³/mol.